The molecule has 8 heteroatoms. The first-order valence-corrected chi connectivity index (χ1v) is 8.81. The number of carbonyl (C=O) groups excluding carboxylic acids is 2. The lowest BCUT2D eigenvalue weighted by Crippen LogP contribution is -2.37. The highest BCUT2D eigenvalue weighted by Crippen LogP contribution is 2.45. The van der Waals surface area contributed by atoms with Gasteiger partial charge >= 0.3 is 0 Å². The second kappa shape index (κ2) is 6.61. The largest absolute Gasteiger partial charge is 0.337 e. The maximum atomic E-state index is 13.7. The molecule has 4 rings (SSSR count). The summed E-state index contributed by atoms with van der Waals surface area (Å²) in [6.07, 6.45) is 0. The third kappa shape index (κ3) is 3.11. The van der Waals surface area contributed by atoms with E-state index in [9.17, 15) is 18.8 Å². The third-order valence-corrected chi connectivity index (χ3v) is 5.44. The van der Waals surface area contributed by atoms with Gasteiger partial charge in [-0.3, -0.25) is 14.4 Å². The van der Waals surface area contributed by atoms with E-state index in [0.29, 0.717) is 19.6 Å². The number of fused-ring (bicyclic) bond motifs is 1. The SMILES string of the molecule is CC(=O)N1C[C@H]2CN(C(=O)c3ccc(=O)[nH]n3)C[C@H]2[C@@H]1c1cccc(F)c1. The van der Waals surface area contributed by atoms with Gasteiger partial charge in [0.2, 0.25) is 5.91 Å². The highest BCUT2D eigenvalue weighted by Gasteiger charge is 2.49. The summed E-state index contributed by atoms with van der Waals surface area (Å²) in [6, 6.07) is 8.70. The lowest BCUT2D eigenvalue weighted by Gasteiger charge is -2.29. The molecule has 1 aromatic carbocycles. The van der Waals surface area contributed by atoms with Crippen LogP contribution < -0.4 is 5.56 Å². The van der Waals surface area contributed by atoms with Crippen LogP contribution in [0.3, 0.4) is 0 Å². The summed E-state index contributed by atoms with van der Waals surface area (Å²) in [7, 11) is 0. The van der Waals surface area contributed by atoms with Crippen LogP contribution in [-0.4, -0.2) is 51.4 Å². The monoisotopic (exact) mass is 370 g/mol. The minimum atomic E-state index is -0.367. The fourth-order valence-electron chi connectivity index (χ4n) is 4.28. The fourth-order valence-corrected chi connectivity index (χ4v) is 4.28. The molecule has 2 aliphatic heterocycles. The Morgan fingerprint density at radius 2 is 2.00 bits per heavy atom. The summed E-state index contributed by atoms with van der Waals surface area (Å²) in [4.78, 5) is 39.4. The van der Waals surface area contributed by atoms with E-state index < -0.39 is 0 Å². The number of carbonyl (C=O) groups is 2. The van der Waals surface area contributed by atoms with Crippen molar-refractivity contribution in [2.45, 2.75) is 13.0 Å². The molecule has 2 saturated heterocycles. The molecule has 2 amide bonds. The zero-order chi connectivity index (χ0) is 19.1. The number of nitrogens with zero attached hydrogens (tertiary/aromatic N) is 3. The molecular weight excluding hydrogens is 351 g/mol. The van der Waals surface area contributed by atoms with Gasteiger partial charge in [0.1, 0.15) is 11.5 Å². The van der Waals surface area contributed by atoms with Crippen LogP contribution >= 0.6 is 0 Å². The highest BCUT2D eigenvalue weighted by atomic mass is 19.1. The number of aromatic nitrogens is 2. The molecule has 1 N–H and O–H groups in total. The van der Waals surface area contributed by atoms with Crippen molar-refractivity contribution in [1.82, 2.24) is 20.0 Å². The number of H-pyrrole nitrogens is 1. The number of hydrogen-bond donors (Lipinski definition) is 1. The number of hydrogen-bond acceptors (Lipinski definition) is 4. The van der Waals surface area contributed by atoms with Crippen LogP contribution in [0, 0.1) is 17.7 Å². The molecule has 7 nitrogen and oxygen atoms in total. The predicted molar refractivity (Wildman–Crippen MR) is 94.3 cm³/mol. The van der Waals surface area contributed by atoms with Crippen molar-refractivity contribution in [3.05, 3.63) is 63.8 Å². The standard InChI is InChI=1S/C19H19FN4O3/c1-11(25)24-9-13-8-23(19(27)16-5-6-17(26)22-21-16)10-15(13)18(24)12-3-2-4-14(20)7-12/h2-7,13,15,18H,8-10H2,1H3,(H,22,26)/t13-,15-,18+/m1/s1. The summed E-state index contributed by atoms with van der Waals surface area (Å²) in [5.41, 5.74) is 0.558. The van der Waals surface area contributed by atoms with Crippen molar-refractivity contribution in [2.24, 2.45) is 11.8 Å². The van der Waals surface area contributed by atoms with E-state index in [4.69, 9.17) is 0 Å². The van der Waals surface area contributed by atoms with E-state index in [1.54, 1.807) is 15.9 Å². The Kier molecular flexibility index (Phi) is 4.25. The molecule has 1 aromatic heterocycles. The van der Waals surface area contributed by atoms with Crippen molar-refractivity contribution in [1.29, 1.82) is 0 Å². The molecule has 27 heavy (non-hydrogen) atoms. The summed E-state index contributed by atoms with van der Waals surface area (Å²) >= 11 is 0. The van der Waals surface area contributed by atoms with Crippen molar-refractivity contribution >= 4 is 11.8 Å². The number of likely N-dealkylation sites (tertiary alicyclic amines) is 2. The molecule has 0 saturated carbocycles. The Morgan fingerprint density at radius 3 is 2.67 bits per heavy atom. The van der Waals surface area contributed by atoms with Crippen molar-refractivity contribution in [3.63, 3.8) is 0 Å². The average molecular weight is 370 g/mol. The van der Waals surface area contributed by atoms with Gasteiger partial charge in [0.15, 0.2) is 0 Å². The predicted octanol–water partition coefficient (Wildman–Crippen LogP) is 1.20. The fraction of sp³-hybridized carbons (Fsp3) is 0.368. The van der Waals surface area contributed by atoms with Crippen molar-refractivity contribution < 1.29 is 14.0 Å². The van der Waals surface area contributed by atoms with Gasteiger partial charge < -0.3 is 9.80 Å². The van der Waals surface area contributed by atoms with Crippen LogP contribution in [0.1, 0.15) is 29.0 Å². The van der Waals surface area contributed by atoms with Gasteiger partial charge in [0.25, 0.3) is 11.5 Å². The maximum absolute atomic E-state index is 13.7. The molecule has 0 bridgehead atoms. The first kappa shape index (κ1) is 17.4. The van der Waals surface area contributed by atoms with Crippen molar-refractivity contribution in [3.8, 4) is 0 Å². The Labute approximate surface area is 154 Å². The van der Waals surface area contributed by atoms with Gasteiger partial charge in [-0.05, 0) is 23.8 Å². The summed E-state index contributed by atoms with van der Waals surface area (Å²) < 4.78 is 13.7. The lowest BCUT2D eigenvalue weighted by molar-refractivity contribution is -0.130. The molecule has 0 unspecified atom stereocenters. The van der Waals surface area contributed by atoms with Crippen LogP contribution in [0.2, 0.25) is 0 Å². The van der Waals surface area contributed by atoms with Crippen LogP contribution in [0.4, 0.5) is 4.39 Å². The number of aromatic amines is 1. The molecule has 3 heterocycles. The van der Waals surface area contributed by atoms with Crippen LogP contribution in [-0.2, 0) is 4.79 Å². The zero-order valence-corrected chi connectivity index (χ0v) is 14.8. The highest BCUT2D eigenvalue weighted by molar-refractivity contribution is 5.92. The zero-order valence-electron chi connectivity index (χ0n) is 14.8. The molecule has 0 radical (unpaired) electrons. The van der Waals surface area contributed by atoms with E-state index in [1.165, 1.54) is 31.2 Å². The Bertz CT molecular complexity index is 939. The van der Waals surface area contributed by atoms with E-state index in [-0.39, 0.29) is 46.8 Å². The van der Waals surface area contributed by atoms with Crippen LogP contribution in [0.25, 0.3) is 0 Å². The quantitative estimate of drug-likeness (QED) is 0.861. The number of nitrogens with one attached hydrogen (secondary N) is 1. The molecule has 3 atom stereocenters. The first-order valence-electron chi connectivity index (χ1n) is 8.81. The second-order valence-electron chi connectivity index (χ2n) is 7.11. The van der Waals surface area contributed by atoms with E-state index >= 15 is 0 Å². The summed E-state index contributed by atoms with van der Waals surface area (Å²) in [6.45, 7) is 3.00. The first-order chi connectivity index (χ1) is 12.9. The molecule has 140 valence electrons. The van der Waals surface area contributed by atoms with Gasteiger partial charge in [-0.15, -0.1) is 0 Å². The van der Waals surface area contributed by atoms with E-state index in [1.807, 2.05) is 6.07 Å². The number of amides is 2. The number of benzene rings is 1. The Balaban J connectivity index is 1.60. The van der Waals surface area contributed by atoms with Crippen LogP contribution in [0.15, 0.2) is 41.2 Å². The third-order valence-electron chi connectivity index (χ3n) is 5.44. The lowest BCUT2D eigenvalue weighted by atomic mass is 9.89. The van der Waals surface area contributed by atoms with Gasteiger partial charge in [-0.25, -0.2) is 9.49 Å². The van der Waals surface area contributed by atoms with Gasteiger partial charge in [0.05, 0.1) is 6.04 Å². The molecule has 0 spiro atoms. The molecular formula is C19H19FN4O3. The second-order valence-corrected chi connectivity index (χ2v) is 7.11. The minimum Gasteiger partial charge on any atom is -0.337 e. The molecule has 2 fully saturated rings. The molecule has 2 aromatic rings. The smallest absolute Gasteiger partial charge is 0.274 e. The van der Waals surface area contributed by atoms with Gasteiger partial charge in [-0.2, -0.15) is 5.10 Å². The van der Waals surface area contributed by atoms with E-state index in [2.05, 4.69) is 10.2 Å². The Morgan fingerprint density at radius 1 is 1.19 bits per heavy atom. The van der Waals surface area contributed by atoms with Gasteiger partial charge in [0, 0.05) is 44.5 Å². The topological polar surface area (TPSA) is 86.4 Å². The minimum absolute atomic E-state index is 0.0300. The van der Waals surface area contributed by atoms with Gasteiger partial charge in [-0.1, -0.05) is 12.1 Å². The van der Waals surface area contributed by atoms with Crippen LogP contribution in [0.5, 0.6) is 0 Å². The van der Waals surface area contributed by atoms with E-state index in [0.717, 1.165) is 5.56 Å². The van der Waals surface area contributed by atoms with Crippen molar-refractivity contribution in [2.75, 3.05) is 19.6 Å². The number of halogens is 1. The summed E-state index contributed by atoms with van der Waals surface area (Å²) in [5.74, 6) is -0.508. The maximum Gasteiger partial charge on any atom is 0.274 e. The Hall–Kier alpha value is -3.03. The summed E-state index contributed by atoms with van der Waals surface area (Å²) in [5, 5.41) is 6.08. The number of rotatable bonds is 2. The average Bonchev–Trinajstić information content (AvgIpc) is 3.19. The normalized spacial score (nSPS) is 24.1. The molecule has 2 aliphatic rings. The molecule has 0 aliphatic carbocycles.